The summed E-state index contributed by atoms with van der Waals surface area (Å²) in [6.45, 7) is 0. The second-order valence-electron chi connectivity index (χ2n) is 3.44. The van der Waals surface area contributed by atoms with Gasteiger partial charge in [-0.1, -0.05) is 0 Å². The average Bonchev–Trinajstić information content (AvgIpc) is 2.26. The topological polar surface area (TPSA) is 37.4 Å². The van der Waals surface area contributed by atoms with E-state index in [2.05, 4.69) is 0 Å². The SMILES string of the molecule is CN(C)C(=O)/C=C/C(=O)c1ccc(F)cc1. The highest BCUT2D eigenvalue weighted by atomic mass is 19.1. The van der Waals surface area contributed by atoms with Crippen LogP contribution in [0.15, 0.2) is 36.4 Å². The van der Waals surface area contributed by atoms with Crippen LogP contribution in [0.2, 0.25) is 0 Å². The van der Waals surface area contributed by atoms with E-state index >= 15 is 0 Å². The summed E-state index contributed by atoms with van der Waals surface area (Å²) in [4.78, 5) is 24.0. The number of hydrogen-bond donors (Lipinski definition) is 0. The van der Waals surface area contributed by atoms with Crippen LogP contribution < -0.4 is 0 Å². The van der Waals surface area contributed by atoms with E-state index in [0.29, 0.717) is 5.56 Å². The lowest BCUT2D eigenvalue weighted by Gasteiger charge is -2.04. The number of carbonyl (C=O) groups excluding carboxylic acids is 2. The van der Waals surface area contributed by atoms with Crippen LogP contribution in [0.1, 0.15) is 10.4 Å². The standard InChI is InChI=1S/C12H12FNO2/c1-14(2)12(16)8-7-11(15)9-3-5-10(13)6-4-9/h3-8H,1-2H3/b8-7+. The van der Waals surface area contributed by atoms with Crippen molar-refractivity contribution in [3.05, 3.63) is 47.8 Å². The minimum atomic E-state index is -0.398. The van der Waals surface area contributed by atoms with E-state index in [9.17, 15) is 14.0 Å². The van der Waals surface area contributed by atoms with Gasteiger partial charge in [0, 0.05) is 25.7 Å². The van der Waals surface area contributed by atoms with Gasteiger partial charge in [-0.2, -0.15) is 0 Å². The Morgan fingerprint density at radius 2 is 1.69 bits per heavy atom. The average molecular weight is 221 g/mol. The maximum atomic E-state index is 12.6. The van der Waals surface area contributed by atoms with E-state index in [-0.39, 0.29) is 11.7 Å². The summed E-state index contributed by atoms with van der Waals surface area (Å²) in [6.07, 6.45) is 2.36. The number of amides is 1. The van der Waals surface area contributed by atoms with Crippen molar-refractivity contribution < 1.29 is 14.0 Å². The first kappa shape index (κ1) is 12.1. The number of carbonyl (C=O) groups is 2. The third-order valence-electron chi connectivity index (χ3n) is 1.95. The van der Waals surface area contributed by atoms with Crippen molar-refractivity contribution >= 4 is 11.7 Å². The van der Waals surface area contributed by atoms with Crippen LogP contribution in [0, 0.1) is 5.82 Å². The van der Waals surface area contributed by atoms with Gasteiger partial charge in [0.15, 0.2) is 5.78 Å². The Balaban J connectivity index is 2.73. The molecule has 0 fully saturated rings. The molecular formula is C12H12FNO2. The molecule has 1 aromatic carbocycles. The molecule has 0 aromatic heterocycles. The lowest BCUT2D eigenvalue weighted by atomic mass is 10.1. The summed E-state index contributed by atoms with van der Waals surface area (Å²) in [5.41, 5.74) is 0.351. The molecule has 0 bridgehead atoms. The van der Waals surface area contributed by atoms with Crippen molar-refractivity contribution in [3.63, 3.8) is 0 Å². The number of hydrogen-bond acceptors (Lipinski definition) is 2. The molecule has 0 atom stereocenters. The third kappa shape index (κ3) is 3.31. The molecular weight excluding hydrogens is 209 g/mol. The van der Waals surface area contributed by atoms with Crippen LogP contribution in [0.4, 0.5) is 4.39 Å². The number of allylic oxidation sites excluding steroid dienone is 1. The smallest absolute Gasteiger partial charge is 0.246 e. The number of likely N-dealkylation sites (N-methyl/N-ethyl adjacent to an activating group) is 1. The van der Waals surface area contributed by atoms with E-state index in [0.717, 1.165) is 0 Å². The summed E-state index contributed by atoms with van der Waals surface area (Å²) in [6, 6.07) is 5.16. The predicted molar refractivity (Wildman–Crippen MR) is 58.6 cm³/mol. The molecule has 0 spiro atoms. The quantitative estimate of drug-likeness (QED) is 0.575. The molecule has 0 aliphatic rings. The van der Waals surface area contributed by atoms with Crippen molar-refractivity contribution in [2.75, 3.05) is 14.1 Å². The Hall–Kier alpha value is -1.97. The Morgan fingerprint density at radius 1 is 1.12 bits per heavy atom. The second-order valence-corrected chi connectivity index (χ2v) is 3.44. The predicted octanol–water partition coefficient (Wildman–Crippen LogP) is 1.65. The first-order chi connectivity index (χ1) is 7.50. The fourth-order valence-electron chi connectivity index (χ4n) is 1.01. The Labute approximate surface area is 93.2 Å². The van der Waals surface area contributed by atoms with Gasteiger partial charge in [0.05, 0.1) is 0 Å². The molecule has 16 heavy (non-hydrogen) atoms. The Morgan fingerprint density at radius 3 is 2.19 bits per heavy atom. The van der Waals surface area contributed by atoms with Crippen LogP contribution in [0.5, 0.6) is 0 Å². The molecule has 1 amide bonds. The van der Waals surface area contributed by atoms with Crippen molar-refractivity contribution in [1.29, 1.82) is 0 Å². The van der Waals surface area contributed by atoms with Crippen molar-refractivity contribution in [3.8, 4) is 0 Å². The molecule has 0 radical (unpaired) electrons. The molecule has 0 heterocycles. The molecule has 0 unspecified atom stereocenters. The lowest BCUT2D eigenvalue weighted by Crippen LogP contribution is -2.19. The number of benzene rings is 1. The fraction of sp³-hybridized carbons (Fsp3) is 0.167. The number of ketones is 1. The zero-order valence-electron chi connectivity index (χ0n) is 9.11. The zero-order chi connectivity index (χ0) is 12.1. The van der Waals surface area contributed by atoms with Crippen molar-refractivity contribution in [2.45, 2.75) is 0 Å². The fourth-order valence-corrected chi connectivity index (χ4v) is 1.01. The Bertz CT molecular complexity index is 421. The second kappa shape index (κ2) is 5.21. The highest BCUT2D eigenvalue weighted by molar-refractivity contribution is 6.07. The minimum absolute atomic E-state index is 0.268. The van der Waals surface area contributed by atoms with Crippen LogP contribution in [-0.2, 0) is 4.79 Å². The van der Waals surface area contributed by atoms with E-state index in [1.165, 1.54) is 41.3 Å². The highest BCUT2D eigenvalue weighted by Crippen LogP contribution is 2.04. The highest BCUT2D eigenvalue weighted by Gasteiger charge is 2.03. The van der Waals surface area contributed by atoms with Gasteiger partial charge in [-0.25, -0.2) is 4.39 Å². The molecule has 4 heteroatoms. The van der Waals surface area contributed by atoms with E-state index in [1.54, 1.807) is 14.1 Å². The molecule has 1 rings (SSSR count). The third-order valence-corrected chi connectivity index (χ3v) is 1.95. The zero-order valence-corrected chi connectivity index (χ0v) is 9.11. The molecule has 0 aliphatic heterocycles. The molecule has 84 valence electrons. The number of nitrogens with zero attached hydrogens (tertiary/aromatic N) is 1. The van der Waals surface area contributed by atoms with Gasteiger partial charge in [0.2, 0.25) is 5.91 Å². The van der Waals surface area contributed by atoms with Crippen molar-refractivity contribution in [1.82, 2.24) is 4.90 Å². The van der Waals surface area contributed by atoms with Crippen LogP contribution >= 0.6 is 0 Å². The molecule has 0 saturated carbocycles. The maximum Gasteiger partial charge on any atom is 0.246 e. The molecule has 1 aromatic rings. The molecule has 0 N–H and O–H groups in total. The lowest BCUT2D eigenvalue weighted by molar-refractivity contribution is -0.123. The van der Waals surface area contributed by atoms with Gasteiger partial charge in [-0.3, -0.25) is 9.59 Å². The van der Waals surface area contributed by atoms with Crippen LogP contribution in [0.25, 0.3) is 0 Å². The van der Waals surface area contributed by atoms with Crippen LogP contribution in [-0.4, -0.2) is 30.7 Å². The molecule has 0 saturated heterocycles. The van der Waals surface area contributed by atoms with Gasteiger partial charge in [0.25, 0.3) is 0 Å². The largest absolute Gasteiger partial charge is 0.345 e. The summed E-state index contributed by atoms with van der Waals surface area (Å²) >= 11 is 0. The first-order valence-corrected chi connectivity index (χ1v) is 4.70. The normalized spacial score (nSPS) is 10.4. The summed E-state index contributed by atoms with van der Waals surface area (Å²) < 4.78 is 12.6. The summed E-state index contributed by atoms with van der Waals surface area (Å²) in [5, 5.41) is 0. The summed E-state index contributed by atoms with van der Waals surface area (Å²) in [5.74, 6) is -0.990. The van der Waals surface area contributed by atoms with Crippen LogP contribution in [0.3, 0.4) is 0 Å². The summed E-state index contributed by atoms with van der Waals surface area (Å²) in [7, 11) is 3.18. The minimum Gasteiger partial charge on any atom is -0.345 e. The van der Waals surface area contributed by atoms with Crippen molar-refractivity contribution in [2.24, 2.45) is 0 Å². The van der Waals surface area contributed by atoms with Gasteiger partial charge in [0.1, 0.15) is 5.82 Å². The first-order valence-electron chi connectivity index (χ1n) is 4.70. The van der Waals surface area contributed by atoms with E-state index in [1.807, 2.05) is 0 Å². The Kier molecular flexibility index (Phi) is 3.94. The van der Waals surface area contributed by atoms with Gasteiger partial charge in [-0.15, -0.1) is 0 Å². The van der Waals surface area contributed by atoms with Gasteiger partial charge in [-0.05, 0) is 30.3 Å². The molecule has 3 nitrogen and oxygen atoms in total. The maximum absolute atomic E-state index is 12.6. The van der Waals surface area contributed by atoms with E-state index in [4.69, 9.17) is 0 Å². The van der Waals surface area contributed by atoms with Gasteiger partial charge >= 0.3 is 0 Å². The number of rotatable bonds is 3. The van der Waals surface area contributed by atoms with E-state index < -0.39 is 5.82 Å². The monoisotopic (exact) mass is 221 g/mol. The molecule has 0 aliphatic carbocycles. The van der Waals surface area contributed by atoms with Gasteiger partial charge < -0.3 is 4.90 Å². The number of halogens is 1.